The van der Waals surface area contributed by atoms with Crippen molar-refractivity contribution >= 4 is 21.5 Å². The number of rotatable bonds is 4. The monoisotopic (exact) mass is 316 g/mol. The molecular weight excluding hydrogens is 300 g/mol. The van der Waals surface area contributed by atoms with Gasteiger partial charge in [0.25, 0.3) is 0 Å². The summed E-state index contributed by atoms with van der Waals surface area (Å²) in [6, 6.07) is 16.5. The van der Waals surface area contributed by atoms with Crippen molar-refractivity contribution in [3.8, 4) is 5.75 Å². The Kier molecular flexibility index (Phi) is 4.80. The number of benzene rings is 2. The molecular formula is C17H17BrO. The molecule has 0 aliphatic heterocycles. The summed E-state index contributed by atoms with van der Waals surface area (Å²) in [6.45, 7) is 2.14. The Labute approximate surface area is 123 Å². The maximum Gasteiger partial charge on any atom is 0.118 e. The first-order valence-electron chi connectivity index (χ1n) is 6.25. The molecule has 0 fully saturated rings. The first-order valence-corrected chi connectivity index (χ1v) is 7.04. The molecule has 2 rings (SSSR count). The molecule has 1 nitrogen and oxygen atoms in total. The van der Waals surface area contributed by atoms with E-state index in [9.17, 15) is 0 Å². The van der Waals surface area contributed by atoms with Gasteiger partial charge in [0.1, 0.15) is 5.75 Å². The number of halogens is 1. The van der Waals surface area contributed by atoms with Gasteiger partial charge < -0.3 is 4.74 Å². The van der Waals surface area contributed by atoms with Gasteiger partial charge in [0.2, 0.25) is 0 Å². The molecule has 98 valence electrons. The van der Waals surface area contributed by atoms with E-state index in [4.69, 9.17) is 4.74 Å². The van der Waals surface area contributed by atoms with Crippen LogP contribution in [0.25, 0.3) is 5.57 Å². The lowest BCUT2D eigenvalue weighted by Gasteiger charge is -2.05. The largest absolute Gasteiger partial charge is 0.497 e. The third kappa shape index (κ3) is 3.71. The summed E-state index contributed by atoms with van der Waals surface area (Å²) in [6.07, 6.45) is 3.18. The predicted octanol–water partition coefficient (Wildman–Crippen LogP) is 5.10. The SMILES string of the molecule is COc1ccc(C/C=C(\C)c2ccccc2Br)cc1. The second-order valence-electron chi connectivity index (χ2n) is 4.42. The van der Waals surface area contributed by atoms with E-state index in [0.29, 0.717) is 0 Å². The van der Waals surface area contributed by atoms with Gasteiger partial charge in [-0.05, 0) is 48.2 Å². The molecule has 19 heavy (non-hydrogen) atoms. The van der Waals surface area contributed by atoms with E-state index >= 15 is 0 Å². The first-order chi connectivity index (χ1) is 9.20. The molecule has 2 aromatic carbocycles. The van der Waals surface area contributed by atoms with Gasteiger partial charge in [-0.15, -0.1) is 0 Å². The van der Waals surface area contributed by atoms with Crippen molar-refractivity contribution in [3.05, 3.63) is 70.2 Å². The maximum atomic E-state index is 5.16. The minimum Gasteiger partial charge on any atom is -0.497 e. The molecule has 0 heterocycles. The molecule has 0 saturated carbocycles. The number of hydrogen-bond donors (Lipinski definition) is 0. The Bertz CT molecular complexity index is 570. The third-order valence-corrected chi connectivity index (χ3v) is 3.79. The molecule has 0 unspecified atom stereocenters. The topological polar surface area (TPSA) is 9.23 Å². The molecule has 2 heteroatoms. The van der Waals surface area contributed by atoms with E-state index < -0.39 is 0 Å². The van der Waals surface area contributed by atoms with Crippen molar-refractivity contribution < 1.29 is 4.74 Å². The highest BCUT2D eigenvalue weighted by atomic mass is 79.9. The zero-order valence-corrected chi connectivity index (χ0v) is 12.8. The second-order valence-corrected chi connectivity index (χ2v) is 5.27. The Balaban J connectivity index is 2.11. The van der Waals surface area contributed by atoms with Crippen LogP contribution in [0.2, 0.25) is 0 Å². The minimum absolute atomic E-state index is 0.898. The molecule has 0 radical (unpaired) electrons. The lowest BCUT2D eigenvalue weighted by molar-refractivity contribution is 0.414. The predicted molar refractivity (Wildman–Crippen MR) is 84.5 cm³/mol. The zero-order chi connectivity index (χ0) is 13.7. The molecule has 0 aromatic heterocycles. The van der Waals surface area contributed by atoms with Gasteiger partial charge in [-0.3, -0.25) is 0 Å². The van der Waals surface area contributed by atoms with Crippen LogP contribution in [-0.4, -0.2) is 7.11 Å². The smallest absolute Gasteiger partial charge is 0.118 e. The molecule has 0 aliphatic carbocycles. The van der Waals surface area contributed by atoms with E-state index in [-0.39, 0.29) is 0 Å². The second kappa shape index (κ2) is 6.58. The van der Waals surface area contributed by atoms with Crippen LogP contribution in [-0.2, 0) is 6.42 Å². The maximum absolute atomic E-state index is 5.16. The fourth-order valence-electron chi connectivity index (χ4n) is 1.92. The van der Waals surface area contributed by atoms with Gasteiger partial charge in [0, 0.05) is 4.47 Å². The number of methoxy groups -OCH3 is 1. The molecule has 0 amide bonds. The van der Waals surface area contributed by atoms with Gasteiger partial charge in [0.05, 0.1) is 7.11 Å². The van der Waals surface area contributed by atoms with Crippen LogP contribution in [0.4, 0.5) is 0 Å². The highest BCUT2D eigenvalue weighted by molar-refractivity contribution is 9.10. The lowest BCUT2D eigenvalue weighted by atomic mass is 10.0. The zero-order valence-electron chi connectivity index (χ0n) is 11.2. The van der Waals surface area contributed by atoms with Crippen molar-refractivity contribution in [1.29, 1.82) is 0 Å². The van der Waals surface area contributed by atoms with Gasteiger partial charge in [-0.1, -0.05) is 52.3 Å². The lowest BCUT2D eigenvalue weighted by Crippen LogP contribution is -1.86. The van der Waals surface area contributed by atoms with Crippen molar-refractivity contribution in [3.63, 3.8) is 0 Å². The highest BCUT2D eigenvalue weighted by Gasteiger charge is 2.00. The van der Waals surface area contributed by atoms with E-state index in [2.05, 4.69) is 59.3 Å². The molecule has 0 N–H and O–H groups in total. The first kappa shape index (κ1) is 13.9. The fraction of sp³-hybridized carbons (Fsp3) is 0.176. The van der Waals surface area contributed by atoms with Gasteiger partial charge in [-0.25, -0.2) is 0 Å². The molecule has 0 aliphatic rings. The van der Waals surface area contributed by atoms with Crippen LogP contribution < -0.4 is 4.74 Å². The average molecular weight is 317 g/mol. The highest BCUT2D eigenvalue weighted by Crippen LogP contribution is 2.24. The Morgan fingerprint density at radius 3 is 2.42 bits per heavy atom. The van der Waals surface area contributed by atoms with E-state index in [1.807, 2.05) is 18.2 Å². The van der Waals surface area contributed by atoms with Crippen LogP contribution in [0.1, 0.15) is 18.1 Å². The fourth-order valence-corrected chi connectivity index (χ4v) is 2.52. The summed E-state index contributed by atoms with van der Waals surface area (Å²) in [5.74, 6) is 0.898. The van der Waals surface area contributed by atoms with Crippen LogP contribution in [0.5, 0.6) is 5.75 Å². The average Bonchev–Trinajstić information content (AvgIpc) is 2.46. The third-order valence-electron chi connectivity index (χ3n) is 3.10. The Morgan fingerprint density at radius 1 is 1.11 bits per heavy atom. The molecule has 0 bridgehead atoms. The van der Waals surface area contributed by atoms with Crippen molar-refractivity contribution in [2.45, 2.75) is 13.3 Å². The van der Waals surface area contributed by atoms with Crippen LogP contribution >= 0.6 is 15.9 Å². The van der Waals surface area contributed by atoms with Crippen LogP contribution in [0, 0.1) is 0 Å². The summed E-state index contributed by atoms with van der Waals surface area (Å²) in [7, 11) is 1.69. The summed E-state index contributed by atoms with van der Waals surface area (Å²) in [5.41, 5.74) is 3.81. The molecule has 0 atom stereocenters. The van der Waals surface area contributed by atoms with E-state index in [1.165, 1.54) is 16.7 Å². The quantitative estimate of drug-likeness (QED) is 0.762. The van der Waals surface area contributed by atoms with E-state index in [0.717, 1.165) is 16.6 Å². The number of ether oxygens (including phenoxy) is 1. The Hall–Kier alpha value is -1.54. The summed E-state index contributed by atoms with van der Waals surface area (Å²) >= 11 is 3.58. The van der Waals surface area contributed by atoms with Crippen molar-refractivity contribution in [1.82, 2.24) is 0 Å². The normalized spacial score (nSPS) is 11.4. The molecule has 2 aromatic rings. The van der Waals surface area contributed by atoms with E-state index in [1.54, 1.807) is 7.11 Å². The van der Waals surface area contributed by atoms with Gasteiger partial charge in [-0.2, -0.15) is 0 Å². The summed E-state index contributed by atoms with van der Waals surface area (Å²) in [5, 5.41) is 0. The van der Waals surface area contributed by atoms with Crippen LogP contribution in [0.3, 0.4) is 0 Å². The minimum atomic E-state index is 0.898. The standard InChI is InChI=1S/C17H17BrO/c1-13(16-5-3-4-6-17(16)18)7-8-14-9-11-15(19-2)12-10-14/h3-7,9-12H,8H2,1-2H3/b13-7+. The number of allylic oxidation sites excluding steroid dienone is 2. The van der Waals surface area contributed by atoms with Gasteiger partial charge >= 0.3 is 0 Å². The van der Waals surface area contributed by atoms with Crippen molar-refractivity contribution in [2.24, 2.45) is 0 Å². The van der Waals surface area contributed by atoms with Gasteiger partial charge in [0.15, 0.2) is 0 Å². The summed E-state index contributed by atoms with van der Waals surface area (Å²) in [4.78, 5) is 0. The molecule has 0 spiro atoms. The molecule has 0 saturated heterocycles. The summed E-state index contributed by atoms with van der Waals surface area (Å²) < 4.78 is 6.30. The number of hydrogen-bond acceptors (Lipinski definition) is 1. The Morgan fingerprint density at radius 2 is 1.79 bits per heavy atom. The van der Waals surface area contributed by atoms with Crippen molar-refractivity contribution in [2.75, 3.05) is 7.11 Å². The van der Waals surface area contributed by atoms with Crippen LogP contribution in [0.15, 0.2) is 59.1 Å².